The van der Waals surface area contributed by atoms with Crippen LogP contribution in [0.3, 0.4) is 0 Å². The lowest BCUT2D eigenvalue weighted by molar-refractivity contribution is -0.165. The molecule has 3 aromatic rings. The fourth-order valence-electron chi connectivity index (χ4n) is 6.09. The van der Waals surface area contributed by atoms with Gasteiger partial charge in [-0.2, -0.15) is 10.2 Å². The Morgan fingerprint density at radius 2 is 1.82 bits per heavy atom. The van der Waals surface area contributed by atoms with E-state index in [1.807, 2.05) is 12.1 Å². The van der Waals surface area contributed by atoms with Crippen molar-refractivity contribution in [3.8, 4) is 5.75 Å². The molecule has 3 fully saturated rings. The number of rotatable bonds is 14. The Balaban J connectivity index is 1.33. The molecule has 1 aliphatic heterocycles. The van der Waals surface area contributed by atoms with Crippen LogP contribution in [0, 0.1) is 0 Å². The van der Waals surface area contributed by atoms with E-state index < -0.39 is 62.2 Å². The van der Waals surface area contributed by atoms with E-state index in [9.17, 15) is 18.9 Å². The van der Waals surface area contributed by atoms with Crippen LogP contribution in [0.2, 0.25) is 0 Å². The van der Waals surface area contributed by atoms with Crippen molar-refractivity contribution in [3.63, 3.8) is 0 Å². The number of aromatic nitrogens is 3. The van der Waals surface area contributed by atoms with Gasteiger partial charge < -0.3 is 29.2 Å². The van der Waals surface area contributed by atoms with Crippen molar-refractivity contribution in [1.82, 2.24) is 19.7 Å². The van der Waals surface area contributed by atoms with Crippen LogP contribution in [0.5, 0.6) is 5.75 Å². The lowest BCUT2D eigenvalue weighted by Crippen LogP contribution is -2.47. The average Bonchev–Trinajstić information content (AvgIpc) is 3.74. The Morgan fingerprint density at radius 3 is 2.44 bits per heavy atom. The summed E-state index contributed by atoms with van der Waals surface area (Å²) < 4.78 is 51.5. The van der Waals surface area contributed by atoms with E-state index in [1.54, 1.807) is 24.3 Å². The van der Waals surface area contributed by atoms with Crippen molar-refractivity contribution in [2.45, 2.75) is 94.9 Å². The fourth-order valence-corrected chi connectivity index (χ4v) is 7.60. The van der Waals surface area contributed by atoms with E-state index in [4.69, 9.17) is 33.7 Å². The topological polar surface area (TPSA) is 204 Å². The highest BCUT2D eigenvalue weighted by atomic mass is 31.2. The van der Waals surface area contributed by atoms with Crippen molar-refractivity contribution in [3.05, 3.63) is 54.0 Å². The Morgan fingerprint density at radius 1 is 1.10 bits per heavy atom. The number of fused-ring (bicyclic) bond motifs is 1. The van der Waals surface area contributed by atoms with Crippen molar-refractivity contribution in [2.24, 2.45) is 4.99 Å². The van der Waals surface area contributed by atoms with Crippen LogP contribution in [0.1, 0.15) is 70.1 Å². The zero-order valence-corrected chi connectivity index (χ0v) is 29.1. The highest BCUT2D eigenvalue weighted by Gasteiger charge is 2.61. The van der Waals surface area contributed by atoms with Gasteiger partial charge in [0.25, 0.3) is 0 Å². The molecule has 1 aromatic carbocycles. The van der Waals surface area contributed by atoms with Crippen LogP contribution in [-0.4, -0.2) is 82.8 Å². The lowest BCUT2D eigenvalue weighted by atomic mass is 9.91. The first-order chi connectivity index (χ1) is 23.9. The molecule has 2 aromatic heterocycles. The molecule has 16 nitrogen and oxygen atoms in total. The monoisotopic (exact) mass is 712 g/mol. The number of nitrogens with one attached hydrogen (secondary N) is 1. The van der Waals surface area contributed by atoms with Gasteiger partial charge in [0.2, 0.25) is 0 Å². The summed E-state index contributed by atoms with van der Waals surface area (Å²) in [5.74, 6) is -1.14. The first-order valence-electron chi connectivity index (χ1n) is 16.5. The Labute approximate surface area is 288 Å². The van der Waals surface area contributed by atoms with Crippen LogP contribution >= 0.6 is 7.75 Å². The normalized spacial score (nSPS) is 25.5. The number of aliphatic imine (C=N–C) groups is 1. The van der Waals surface area contributed by atoms with Crippen LogP contribution < -0.4 is 15.3 Å². The van der Waals surface area contributed by atoms with Crippen molar-refractivity contribution < 1.29 is 46.9 Å². The first-order valence-corrected chi connectivity index (χ1v) is 18.0. The van der Waals surface area contributed by atoms with Crippen molar-refractivity contribution in [2.75, 3.05) is 19.4 Å². The minimum Gasteiger partial charge on any atom is -0.461 e. The maximum Gasteiger partial charge on any atom is 0.459 e. The predicted octanol–water partition coefficient (Wildman–Crippen LogP) is 3.62. The standard InChI is InChI=1S/C33H41N6O10P/c1-19(32(42)47-24-6-5-7-24)38-50(43,49-25-12-10-23(11-13-25)22-8-9-22)44-16-27-29(45-20(2)40)30(46-21(3)41)33(48-27,17-35-4)28-15-14-26-31(34)36-18-37-39(26)28/h10-15,17-19,22,24,27,29-30H,5-9,16H2,1-4H3,(H,38,43)(H2,34,36,37)/t19-,27+,29+,30+,33-,50?/m0/s1. The molecule has 2 saturated carbocycles. The average molecular weight is 713 g/mol. The zero-order valence-electron chi connectivity index (χ0n) is 28.2. The molecule has 0 radical (unpaired) electrons. The zero-order chi connectivity index (χ0) is 35.6. The molecule has 6 atom stereocenters. The molecule has 0 bridgehead atoms. The van der Waals surface area contributed by atoms with Gasteiger partial charge in [-0.3, -0.25) is 23.9 Å². The van der Waals surface area contributed by atoms with Gasteiger partial charge >= 0.3 is 25.7 Å². The van der Waals surface area contributed by atoms with Crippen LogP contribution in [-0.2, 0) is 48.0 Å². The number of nitrogen functional groups attached to an aromatic ring is 1. The molecule has 3 N–H and O–H groups in total. The Hall–Kier alpha value is -4.37. The van der Waals surface area contributed by atoms with Gasteiger partial charge in [0.05, 0.1) is 12.3 Å². The summed E-state index contributed by atoms with van der Waals surface area (Å²) in [5, 5.41) is 7.02. The number of benzene rings is 1. The quantitative estimate of drug-likeness (QED) is 0.106. The lowest BCUT2D eigenvalue weighted by Gasteiger charge is -2.30. The molecule has 0 amide bonds. The SMILES string of the molecule is CN=C[C@@]1(c2ccc3c(N)ncnn23)O[C@H](COP(=O)(N[C@@H](C)C(=O)OC2CCC2)Oc2ccc(C3CC3)cc2)[C@@H](OC(C)=O)[C@H]1OC(C)=O. The molecule has 17 heteroatoms. The van der Waals surface area contributed by atoms with Gasteiger partial charge in [0, 0.05) is 27.1 Å². The number of anilines is 1. The molecule has 50 heavy (non-hydrogen) atoms. The number of hydrogen-bond acceptors (Lipinski definition) is 14. The summed E-state index contributed by atoms with van der Waals surface area (Å²) >= 11 is 0. The Kier molecular flexibility index (Phi) is 10.3. The van der Waals surface area contributed by atoms with Gasteiger partial charge in [-0.05, 0) is 74.8 Å². The van der Waals surface area contributed by atoms with Gasteiger partial charge in [0.15, 0.2) is 23.6 Å². The molecule has 268 valence electrons. The summed E-state index contributed by atoms with van der Waals surface area (Å²) in [6.07, 6.45) is 3.28. The van der Waals surface area contributed by atoms with Crippen LogP contribution in [0.25, 0.3) is 5.52 Å². The van der Waals surface area contributed by atoms with Gasteiger partial charge in [-0.15, -0.1) is 0 Å². The molecule has 1 unspecified atom stereocenters. The van der Waals surface area contributed by atoms with Crippen molar-refractivity contribution >= 4 is 43.2 Å². The van der Waals surface area contributed by atoms with Gasteiger partial charge in [0.1, 0.15) is 35.8 Å². The summed E-state index contributed by atoms with van der Waals surface area (Å²) in [4.78, 5) is 46.2. The molecule has 6 rings (SSSR count). The number of hydrogen-bond donors (Lipinski definition) is 2. The number of nitrogens with two attached hydrogens (primary N) is 1. The first kappa shape index (κ1) is 35.5. The molecule has 3 heterocycles. The highest BCUT2D eigenvalue weighted by Crippen LogP contribution is 2.49. The minimum absolute atomic E-state index is 0.174. The fraction of sp³-hybridized carbons (Fsp3) is 0.515. The largest absolute Gasteiger partial charge is 0.461 e. The maximum atomic E-state index is 14.5. The summed E-state index contributed by atoms with van der Waals surface area (Å²) in [5.41, 5.74) is 6.27. The maximum absolute atomic E-state index is 14.5. The number of nitrogens with zero attached hydrogens (tertiary/aromatic N) is 4. The number of ether oxygens (including phenoxy) is 4. The molecular formula is C33H41N6O10P. The van der Waals surface area contributed by atoms with Crippen molar-refractivity contribution in [1.29, 1.82) is 0 Å². The second-order valence-electron chi connectivity index (χ2n) is 12.7. The minimum atomic E-state index is -4.39. The number of carbonyl (C=O) groups is 3. The van der Waals surface area contributed by atoms with E-state index in [-0.39, 0.29) is 17.7 Å². The third-order valence-corrected chi connectivity index (χ3v) is 10.5. The van der Waals surface area contributed by atoms with E-state index in [2.05, 4.69) is 20.2 Å². The van der Waals surface area contributed by atoms with E-state index in [1.165, 1.54) is 44.9 Å². The van der Waals surface area contributed by atoms with E-state index >= 15 is 0 Å². The molecular weight excluding hydrogens is 671 g/mol. The second kappa shape index (κ2) is 14.5. The molecule has 2 aliphatic carbocycles. The molecule has 1 saturated heterocycles. The van der Waals surface area contributed by atoms with Gasteiger partial charge in [-0.25, -0.2) is 14.1 Å². The highest BCUT2D eigenvalue weighted by molar-refractivity contribution is 7.52. The number of carbonyl (C=O) groups excluding carboxylic acids is 3. The smallest absolute Gasteiger partial charge is 0.459 e. The third kappa shape index (κ3) is 7.53. The molecule has 3 aliphatic rings. The summed E-state index contributed by atoms with van der Waals surface area (Å²) in [6.45, 7) is 3.36. The van der Waals surface area contributed by atoms with E-state index in [0.29, 0.717) is 17.1 Å². The Bertz CT molecular complexity index is 1810. The van der Waals surface area contributed by atoms with Crippen LogP contribution in [0.4, 0.5) is 5.82 Å². The predicted molar refractivity (Wildman–Crippen MR) is 178 cm³/mol. The van der Waals surface area contributed by atoms with Crippen LogP contribution in [0.15, 0.2) is 47.7 Å². The summed E-state index contributed by atoms with van der Waals surface area (Å²) in [7, 11) is -2.90. The third-order valence-electron chi connectivity index (χ3n) is 8.84. The van der Waals surface area contributed by atoms with E-state index in [0.717, 1.165) is 37.7 Å². The number of esters is 3. The second-order valence-corrected chi connectivity index (χ2v) is 14.4. The van der Waals surface area contributed by atoms with Gasteiger partial charge in [-0.1, -0.05) is 12.1 Å². The molecule has 0 spiro atoms. The summed E-state index contributed by atoms with van der Waals surface area (Å²) in [6, 6.07) is 9.36.